The Morgan fingerprint density at radius 3 is 2.79 bits per heavy atom. The number of rotatable bonds is 7. The minimum atomic E-state index is -0.236. The molecular formula is C25H28FN5O2. The van der Waals surface area contributed by atoms with Gasteiger partial charge in [0.25, 0.3) is 0 Å². The van der Waals surface area contributed by atoms with E-state index in [4.69, 9.17) is 4.74 Å². The Balaban J connectivity index is 1.06. The molecule has 2 aliphatic rings. The van der Waals surface area contributed by atoms with Crippen molar-refractivity contribution in [3.8, 4) is 5.88 Å². The zero-order valence-electron chi connectivity index (χ0n) is 18.5. The second-order valence-electron chi connectivity index (χ2n) is 8.49. The van der Waals surface area contributed by atoms with Crippen LogP contribution in [0.3, 0.4) is 0 Å². The maximum Gasteiger partial charge on any atom is 0.320 e. The largest absolute Gasteiger partial charge is 0.478 e. The quantitative estimate of drug-likeness (QED) is 0.534. The van der Waals surface area contributed by atoms with E-state index in [-0.39, 0.29) is 11.8 Å². The molecule has 1 aromatic heterocycles. The van der Waals surface area contributed by atoms with E-state index >= 15 is 0 Å². The van der Waals surface area contributed by atoms with Crippen LogP contribution < -0.4 is 20.3 Å². The van der Waals surface area contributed by atoms with Crippen LogP contribution in [0.4, 0.5) is 20.7 Å². The van der Waals surface area contributed by atoms with E-state index < -0.39 is 0 Å². The fourth-order valence-electron chi connectivity index (χ4n) is 4.46. The van der Waals surface area contributed by atoms with Crippen molar-refractivity contribution in [1.29, 1.82) is 0 Å². The minimum Gasteiger partial charge on any atom is -0.478 e. The number of anilines is 2. The Hall–Kier alpha value is -3.39. The molecule has 0 atom stereocenters. The molecule has 0 bridgehead atoms. The summed E-state index contributed by atoms with van der Waals surface area (Å²) < 4.78 is 19.6. The number of carbonyl (C=O) groups is 1. The summed E-state index contributed by atoms with van der Waals surface area (Å²) in [7, 11) is 0. The number of aromatic nitrogens is 1. The van der Waals surface area contributed by atoms with Crippen LogP contribution in [0.5, 0.6) is 5.88 Å². The summed E-state index contributed by atoms with van der Waals surface area (Å²) >= 11 is 0. The van der Waals surface area contributed by atoms with Gasteiger partial charge in [-0.05, 0) is 49.0 Å². The van der Waals surface area contributed by atoms with Crippen molar-refractivity contribution in [3.05, 3.63) is 59.9 Å². The first-order chi connectivity index (χ1) is 16.2. The molecule has 2 amide bonds. The van der Waals surface area contributed by atoms with E-state index in [9.17, 15) is 9.18 Å². The molecule has 5 rings (SSSR count). The molecule has 1 saturated heterocycles. The number of pyridine rings is 1. The molecule has 3 aromatic rings. The third-order valence-corrected chi connectivity index (χ3v) is 6.28. The molecule has 2 aromatic carbocycles. The zero-order chi connectivity index (χ0) is 22.6. The van der Waals surface area contributed by atoms with Crippen LogP contribution in [0.15, 0.2) is 48.5 Å². The second kappa shape index (κ2) is 9.62. The Bertz CT molecular complexity index is 1150. The van der Waals surface area contributed by atoms with E-state index in [1.54, 1.807) is 6.07 Å². The first-order valence-electron chi connectivity index (χ1n) is 11.5. The molecular weight excluding hydrogens is 421 g/mol. The Morgan fingerprint density at radius 1 is 1.03 bits per heavy atom. The van der Waals surface area contributed by atoms with Crippen molar-refractivity contribution < 1.29 is 13.9 Å². The van der Waals surface area contributed by atoms with Gasteiger partial charge in [0, 0.05) is 55.4 Å². The Morgan fingerprint density at radius 2 is 1.91 bits per heavy atom. The van der Waals surface area contributed by atoms with Crippen molar-refractivity contribution in [3.63, 3.8) is 0 Å². The van der Waals surface area contributed by atoms with E-state index in [0.717, 1.165) is 67.6 Å². The number of carbonyl (C=O) groups excluding carboxylic acids is 1. The number of amides is 2. The molecule has 2 N–H and O–H groups in total. The summed E-state index contributed by atoms with van der Waals surface area (Å²) in [6, 6.07) is 14.7. The van der Waals surface area contributed by atoms with Crippen molar-refractivity contribution in [2.75, 3.05) is 49.5 Å². The first kappa shape index (κ1) is 21.5. The number of hydrogen-bond donors (Lipinski definition) is 2. The lowest BCUT2D eigenvalue weighted by Gasteiger charge is -2.36. The lowest BCUT2D eigenvalue weighted by Crippen LogP contribution is -2.46. The van der Waals surface area contributed by atoms with Gasteiger partial charge in [-0.15, -0.1) is 0 Å². The maximum atomic E-state index is 13.8. The van der Waals surface area contributed by atoms with Crippen molar-refractivity contribution in [2.45, 2.75) is 19.4 Å². The van der Waals surface area contributed by atoms with Crippen LogP contribution in [0.2, 0.25) is 0 Å². The average Bonchev–Trinajstić information content (AvgIpc) is 2.83. The highest BCUT2D eigenvalue weighted by atomic mass is 19.1. The van der Waals surface area contributed by atoms with Gasteiger partial charge in [0.1, 0.15) is 11.6 Å². The zero-order valence-corrected chi connectivity index (χ0v) is 18.5. The summed E-state index contributed by atoms with van der Waals surface area (Å²) in [5.41, 5.74) is 2.07. The number of nitrogens with zero attached hydrogens (tertiary/aromatic N) is 3. The normalized spacial score (nSPS) is 16.3. The Labute approximate surface area is 192 Å². The van der Waals surface area contributed by atoms with Crippen molar-refractivity contribution in [2.24, 2.45) is 0 Å². The standard InChI is InChI=1S/C25H28FN5O2/c26-20-8-6-18-4-3-5-22(21(18)16-20)31-13-11-30(12-14-31)10-1-2-15-33-23-9-7-19-17-27-25(32)29-24(19)28-23/h3-9,16H,1-2,10-15,17H2,(H2,27,28,29,32). The van der Waals surface area contributed by atoms with Crippen LogP contribution >= 0.6 is 0 Å². The van der Waals surface area contributed by atoms with Gasteiger partial charge >= 0.3 is 6.03 Å². The molecule has 0 unspecified atom stereocenters. The van der Waals surface area contributed by atoms with E-state index in [0.29, 0.717) is 24.8 Å². The van der Waals surface area contributed by atoms with E-state index in [1.807, 2.05) is 30.3 Å². The van der Waals surface area contributed by atoms with E-state index in [1.165, 1.54) is 6.07 Å². The number of fused-ring (bicyclic) bond motifs is 2. The van der Waals surface area contributed by atoms with Gasteiger partial charge in [-0.3, -0.25) is 10.2 Å². The first-order valence-corrected chi connectivity index (χ1v) is 11.5. The summed E-state index contributed by atoms with van der Waals surface area (Å²) in [4.78, 5) is 20.6. The third-order valence-electron chi connectivity index (χ3n) is 6.28. The average molecular weight is 450 g/mol. The lowest BCUT2D eigenvalue weighted by atomic mass is 10.1. The van der Waals surface area contributed by atoms with E-state index in [2.05, 4.69) is 31.5 Å². The van der Waals surface area contributed by atoms with Crippen molar-refractivity contribution in [1.82, 2.24) is 15.2 Å². The van der Waals surface area contributed by atoms with Gasteiger partial charge in [0.15, 0.2) is 0 Å². The highest BCUT2D eigenvalue weighted by Gasteiger charge is 2.19. The SMILES string of the molecule is O=C1NCc2ccc(OCCCCN3CCN(c4cccc5ccc(F)cc45)CC3)nc2N1. The predicted octanol–water partition coefficient (Wildman–Crippen LogP) is 3.99. The molecule has 7 nitrogen and oxygen atoms in total. The van der Waals surface area contributed by atoms with Gasteiger partial charge in [0.2, 0.25) is 5.88 Å². The number of halogens is 1. The van der Waals surface area contributed by atoms with Gasteiger partial charge in [-0.1, -0.05) is 18.2 Å². The number of nitrogens with one attached hydrogen (secondary N) is 2. The highest BCUT2D eigenvalue weighted by molar-refractivity contribution is 5.94. The van der Waals surface area contributed by atoms with Gasteiger partial charge in [-0.2, -0.15) is 4.98 Å². The summed E-state index contributed by atoms with van der Waals surface area (Å²) in [5, 5.41) is 7.47. The molecule has 0 aliphatic carbocycles. The van der Waals surface area contributed by atoms with Crippen LogP contribution in [0, 0.1) is 5.82 Å². The number of benzene rings is 2. The summed E-state index contributed by atoms with van der Waals surface area (Å²) in [6.07, 6.45) is 1.99. The monoisotopic (exact) mass is 449 g/mol. The number of unbranched alkanes of at least 4 members (excludes halogenated alkanes) is 1. The second-order valence-corrected chi connectivity index (χ2v) is 8.49. The van der Waals surface area contributed by atoms with Crippen LogP contribution in [-0.2, 0) is 6.54 Å². The maximum absolute atomic E-state index is 13.8. The molecule has 8 heteroatoms. The van der Waals surface area contributed by atoms with Crippen LogP contribution in [0.1, 0.15) is 18.4 Å². The number of hydrogen-bond acceptors (Lipinski definition) is 5. The number of urea groups is 1. The predicted molar refractivity (Wildman–Crippen MR) is 127 cm³/mol. The van der Waals surface area contributed by atoms with Crippen molar-refractivity contribution >= 4 is 28.3 Å². The number of piperazine rings is 1. The molecule has 2 aliphatic heterocycles. The summed E-state index contributed by atoms with van der Waals surface area (Å²) in [6.45, 7) is 5.97. The fourth-order valence-corrected chi connectivity index (χ4v) is 4.46. The fraction of sp³-hybridized carbons (Fsp3) is 0.360. The molecule has 0 radical (unpaired) electrons. The Kier molecular flexibility index (Phi) is 6.26. The molecule has 1 fully saturated rings. The van der Waals surface area contributed by atoms with Crippen LogP contribution in [0.25, 0.3) is 10.8 Å². The molecule has 0 saturated carbocycles. The molecule has 172 valence electrons. The highest BCUT2D eigenvalue weighted by Crippen LogP contribution is 2.28. The van der Waals surface area contributed by atoms with Gasteiger partial charge in [-0.25, -0.2) is 9.18 Å². The molecule has 0 spiro atoms. The number of ether oxygens (including phenoxy) is 1. The molecule has 3 heterocycles. The minimum absolute atomic E-state index is 0.192. The molecule has 33 heavy (non-hydrogen) atoms. The van der Waals surface area contributed by atoms with Gasteiger partial charge in [0.05, 0.1) is 6.61 Å². The topological polar surface area (TPSA) is 69.7 Å². The van der Waals surface area contributed by atoms with Gasteiger partial charge < -0.3 is 15.0 Å². The summed E-state index contributed by atoms with van der Waals surface area (Å²) in [5.74, 6) is 0.919. The van der Waals surface area contributed by atoms with Crippen LogP contribution in [-0.4, -0.2) is 55.2 Å². The smallest absolute Gasteiger partial charge is 0.320 e. The lowest BCUT2D eigenvalue weighted by molar-refractivity contribution is 0.236. The third kappa shape index (κ3) is 5.01.